The maximum atomic E-state index is 12.9. The number of thioether (sulfide) groups is 1. The third-order valence-corrected chi connectivity index (χ3v) is 6.36. The Balaban J connectivity index is 2.22. The Morgan fingerprint density at radius 2 is 1.67 bits per heavy atom. The van der Waals surface area contributed by atoms with Gasteiger partial charge in [-0.1, -0.05) is 12.1 Å². The molecule has 0 aliphatic heterocycles. The normalized spacial score (nSPS) is 12.5. The third-order valence-electron chi connectivity index (χ3n) is 4.31. The number of anilines is 1. The molecule has 0 aliphatic rings. The van der Waals surface area contributed by atoms with Gasteiger partial charge < -0.3 is 15.2 Å². The average molecular weight is 495 g/mol. The van der Waals surface area contributed by atoms with E-state index in [1.807, 2.05) is 0 Å². The van der Waals surface area contributed by atoms with Crippen LogP contribution in [-0.2, 0) is 19.6 Å². The largest absolute Gasteiger partial charge is 0.480 e. The molecule has 1 atom stereocenters. The lowest BCUT2D eigenvalue weighted by atomic mass is 9.97. The van der Waals surface area contributed by atoms with Crippen LogP contribution in [0.1, 0.15) is 31.1 Å². The van der Waals surface area contributed by atoms with Crippen molar-refractivity contribution < 1.29 is 32.6 Å². The highest BCUT2D eigenvalue weighted by Gasteiger charge is 2.25. The number of carboxylic acids is 1. The maximum absolute atomic E-state index is 12.9. The van der Waals surface area contributed by atoms with Crippen molar-refractivity contribution in [3.05, 3.63) is 54.1 Å². The van der Waals surface area contributed by atoms with Gasteiger partial charge in [0.1, 0.15) is 11.8 Å². The van der Waals surface area contributed by atoms with Crippen LogP contribution in [0.25, 0.3) is 0 Å². The number of aliphatic carboxylic acids is 1. The molecular formula is C22H26N2O7S2. The first kappa shape index (κ1) is 26.2. The second-order valence-electron chi connectivity index (χ2n) is 8.08. The molecular weight excluding hydrogens is 468 g/mol. The van der Waals surface area contributed by atoms with Gasteiger partial charge in [-0.25, -0.2) is 13.2 Å². The number of carbonyl (C=O) groups is 3. The fourth-order valence-electron chi connectivity index (χ4n) is 2.50. The number of carbonyl (C=O) groups excluding carboxylic acids is 2. The van der Waals surface area contributed by atoms with Crippen molar-refractivity contribution in [1.82, 2.24) is 5.32 Å². The number of carboxylic acid groups (broad SMARTS) is 1. The fourth-order valence-corrected chi connectivity index (χ4v) is 4.14. The van der Waals surface area contributed by atoms with Gasteiger partial charge in [0.25, 0.3) is 15.9 Å². The molecule has 0 saturated heterocycles. The van der Waals surface area contributed by atoms with Crippen LogP contribution in [0, 0.1) is 5.41 Å². The minimum Gasteiger partial charge on any atom is -0.480 e. The zero-order chi connectivity index (χ0) is 24.8. The van der Waals surface area contributed by atoms with Crippen LogP contribution < -0.4 is 14.8 Å². The Bertz CT molecular complexity index is 1120. The number of sulfonamides is 1. The van der Waals surface area contributed by atoms with E-state index in [0.29, 0.717) is 0 Å². The van der Waals surface area contributed by atoms with Crippen molar-refractivity contribution in [1.29, 1.82) is 0 Å². The van der Waals surface area contributed by atoms with Crippen molar-refractivity contribution in [3.8, 4) is 5.75 Å². The highest BCUT2D eigenvalue weighted by molar-refractivity contribution is 7.98. The topological polar surface area (TPSA) is 139 Å². The lowest BCUT2D eigenvalue weighted by Crippen LogP contribution is -2.42. The Morgan fingerprint density at radius 3 is 2.21 bits per heavy atom. The second-order valence-corrected chi connectivity index (χ2v) is 10.7. The van der Waals surface area contributed by atoms with Crippen molar-refractivity contribution >= 4 is 45.3 Å². The summed E-state index contributed by atoms with van der Waals surface area (Å²) in [7, 11) is -4.09. The molecule has 0 radical (unpaired) electrons. The molecule has 33 heavy (non-hydrogen) atoms. The van der Waals surface area contributed by atoms with E-state index in [1.54, 1.807) is 33.1 Å². The van der Waals surface area contributed by atoms with Gasteiger partial charge in [0.2, 0.25) is 0 Å². The van der Waals surface area contributed by atoms with Gasteiger partial charge in [-0.3, -0.25) is 14.3 Å². The lowest BCUT2D eigenvalue weighted by molar-refractivity contribution is -0.143. The molecule has 0 heterocycles. The molecule has 0 saturated carbocycles. The molecule has 178 valence electrons. The van der Waals surface area contributed by atoms with Crippen molar-refractivity contribution in [2.75, 3.05) is 16.7 Å². The number of ether oxygens (including phenoxy) is 1. The first-order valence-corrected chi connectivity index (χ1v) is 12.7. The molecule has 0 fully saturated rings. The van der Waals surface area contributed by atoms with Crippen LogP contribution in [0.4, 0.5) is 5.69 Å². The van der Waals surface area contributed by atoms with E-state index in [4.69, 9.17) is 4.74 Å². The summed E-state index contributed by atoms with van der Waals surface area (Å²) in [4.78, 5) is 35.8. The molecule has 1 amide bonds. The van der Waals surface area contributed by atoms with Gasteiger partial charge >= 0.3 is 11.9 Å². The highest BCUT2D eigenvalue weighted by Crippen LogP contribution is 2.24. The van der Waals surface area contributed by atoms with Gasteiger partial charge in [0, 0.05) is 5.75 Å². The van der Waals surface area contributed by atoms with Crippen molar-refractivity contribution in [3.63, 3.8) is 0 Å². The van der Waals surface area contributed by atoms with Crippen LogP contribution in [0.15, 0.2) is 53.4 Å². The van der Waals surface area contributed by atoms with Crippen LogP contribution in [0.2, 0.25) is 0 Å². The van der Waals surface area contributed by atoms with E-state index < -0.39 is 39.3 Å². The Hall–Kier alpha value is -3.05. The highest BCUT2D eigenvalue weighted by atomic mass is 32.2. The molecule has 3 N–H and O–H groups in total. The van der Waals surface area contributed by atoms with E-state index in [2.05, 4.69) is 10.0 Å². The van der Waals surface area contributed by atoms with E-state index in [1.165, 1.54) is 54.2 Å². The minimum atomic E-state index is -4.09. The summed E-state index contributed by atoms with van der Waals surface area (Å²) in [5.74, 6) is -2.03. The molecule has 0 bridgehead atoms. The third kappa shape index (κ3) is 7.22. The summed E-state index contributed by atoms with van der Waals surface area (Å²) in [6, 6.07) is 10.0. The second kappa shape index (κ2) is 10.7. The molecule has 9 nitrogen and oxygen atoms in total. The first-order valence-electron chi connectivity index (χ1n) is 9.82. The summed E-state index contributed by atoms with van der Waals surface area (Å²) in [5.41, 5.74) is -0.748. The van der Waals surface area contributed by atoms with Crippen LogP contribution >= 0.6 is 11.8 Å². The number of hydrogen-bond donors (Lipinski definition) is 3. The molecule has 0 unspecified atom stereocenters. The van der Waals surface area contributed by atoms with E-state index in [9.17, 15) is 27.9 Å². The van der Waals surface area contributed by atoms with E-state index >= 15 is 0 Å². The minimum absolute atomic E-state index is 0.00785. The summed E-state index contributed by atoms with van der Waals surface area (Å²) >= 11 is 1.25. The number of hydrogen-bond acceptors (Lipinski definition) is 7. The molecule has 0 spiro atoms. The van der Waals surface area contributed by atoms with E-state index in [0.717, 1.165) is 0 Å². The molecule has 0 aromatic heterocycles. The Labute approximate surface area is 197 Å². The standard InChI is InChI=1S/C22H26N2O7S2/c1-22(2,3)21(28)31-14-9-11-15(12-10-14)33(29,30)24-17-8-6-5-7-16(17)19(25)23-18(13-32-4)20(26)27/h5-12,18,24H,13H2,1-4H3,(H,23,25)(H,26,27)/t18-/m0/s1. The number of rotatable bonds is 9. The lowest BCUT2D eigenvalue weighted by Gasteiger charge is -2.17. The quantitative estimate of drug-likeness (QED) is 0.357. The summed E-state index contributed by atoms with van der Waals surface area (Å²) in [5, 5.41) is 11.6. The van der Waals surface area contributed by atoms with Gasteiger partial charge in [-0.15, -0.1) is 0 Å². The van der Waals surface area contributed by atoms with Crippen LogP contribution in [0.3, 0.4) is 0 Å². The fraction of sp³-hybridized carbons (Fsp3) is 0.318. The number of benzene rings is 2. The molecule has 2 aromatic carbocycles. The van der Waals surface area contributed by atoms with Crippen molar-refractivity contribution in [2.45, 2.75) is 31.7 Å². The predicted octanol–water partition coefficient (Wildman–Crippen LogP) is 2.98. The molecule has 2 aromatic rings. The van der Waals surface area contributed by atoms with Crippen LogP contribution in [0.5, 0.6) is 5.75 Å². The Morgan fingerprint density at radius 1 is 1.06 bits per heavy atom. The van der Waals surface area contributed by atoms with Crippen molar-refractivity contribution in [2.24, 2.45) is 5.41 Å². The summed E-state index contributed by atoms with van der Waals surface area (Å²) in [6.45, 7) is 5.10. The number of nitrogens with one attached hydrogen (secondary N) is 2. The van der Waals surface area contributed by atoms with Gasteiger partial charge in [-0.2, -0.15) is 11.8 Å². The first-order chi connectivity index (χ1) is 15.3. The number of amides is 1. The Kier molecular flexibility index (Phi) is 8.51. The van der Waals surface area contributed by atoms with Crippen LogP contribution in [-0.4, -0.2) is 49.4 Å². The van der Waals surface area contributed by atoms with E-state index in [-0.39, 0.29) is 27.6 Å². The summed E-state index contributed by atoms with van der Waals surface area (Å²) < 4.78 is 33.3. The number of para-hydroxylation sites is 1. The molecule has 0 aliphatic carbocycles. The molecule has 2 rings (SSSR count). The zero-order valence-electron chi connectivity index (χ0n) is 18.6. The molecule has 11 heteroatoms. The number of esters is 1. The van der Waals surface area contributed by atoms with Gasteiger partial charge in [-0.05, 0) is 63.4 Å². The van der Waals surface area contributed by atoms with Gasteiger partial charge in [0.05, 0.1) is 21.6 Å². The monoisotopic (exact) mass is 494 g/mol. The maximum Gasteiger partial charge on any atom is 0.327 e. The zero-order valence-corrected chi connectivity index (χ0v) is 20.2. The summed E-state index contributed by atoms with van der Waals surface area (Å²) in [6.07, 6.45) is 1.71. The average Bonchev–Trinajstić information content (AvgIpc) is 2.73. The predicted molar refractivity (Wildman–Crippen MR) is 126 cm³/mol. The van der Waals surface area contributed by atoms with Gasteiger partial charge in [0.15, 0.2) is 0 Å². The SMILES string of the molecule is CSC[C@H](NC(=O)c1ccccc1NS(=O)(=O)c1ccc(OC(=O)C(C)(C)C)cc1)C(=O)O. The smallest absolute Gasteiger partial charge is 0.327 e.